The fraction of sp³-hybridized carbons (Fsp3) is 0.571. The van der Waals surface area contributed by atoms with Gasteiger partial charge in [-0.15, -0.1) is 11.8 Å². The zero-order valence-corrected chi connectivity index (χ0v) is 12.0. The first-order valence-electron chi connectivity index (χ1n) is 6.42. The molecule has 0 aliphatic rings. The van der Waals surface area contributed by atoms with Gasteiger partial charge in [0.25, 0.3) is 0 Å². The number of benzene rings is 1. The van der Waals surface area contributed by atoms with Crippen LogP contribution in [0.1, 0.15) is 25.5 Å². The smallest absolute Gasteiger partial charge is 0.0698 e. The van der Waals surface area contributed by atoms with Crippen LogP contribution in [0, 0.1) is 0 Å². The molecule has 4 heteroatoms. The standard InChI is InChI=1S/C14H23NO2S/c1-3-15-12(2)13-4-6-14(7-5-13)18-11-10-17-9-8-16/h4-7,12,15-16H,3,8-11H2,1-2H3. The third-order valence-corrected chi connectivity index (χ3v) is 3.60. The van der Waals surface area contributed by atoms with Gasteiger partial charge in [-0.05, 0) is 31.2 Å². The van der Waals surface area contributed by atoms with Crippen molar-refractivity contribution in [1.82, 2.24) is 5.32 Å². The second-order valence-corrected chi connectivity index (χ2v) is 5.20. The Kier molecular flexibility index (Phi) is 8.09. The number of thioether (sulfide) groups is 1. The van der Waals surface area contributed by atoms with Crippen molar-refractivity contribution in [2.45, 2.75) is 24.8 Å². The van der Waals surface area contributed by atoms with Gasteiger partial charge in [-0.2, -0.15) is 0 Å². The number of aliphatic hydroxyl groups is 1. The number of aliphatic hydroxyl groups excluding tert-OH is 1. The van der Waals surface area contributed by atoms with E-state index in [1.165, 1.54) is 10.5 Å². The highest BCUT2D eigenvalue weighted by atomic mass is 32.2. The summed E-state index contributed by atoms with van der Waals surface area (Å²) in [6.07, 6.45) is 0. The number of nitrogens with one attached hydrogen (secondary N) is 1. The molecule has 1 aromatic carbocycles. The molecule has 102 valence electrons. The number of ether oxygens (including phenoxy) is 1. The van der Waals surface area contributed by atoms with Gasteiger partial charge in [0.2, 0.25) is 0 Å². The Balaban J connectivity index is 2.31. The molecule has 0 aliphatic carbocycles. The van der Waals surface area contributed by atoms with Crippen LogP contribution in [0.4, 0.5) is 0 Å². The molecule has 2 N–H and O–H groups in total. The molecule has 1 atom stereocenters. The summed E-state index contributed by atoms with van der Waals surface area (Å²) in [5.74, 6) is 0.919. The topological polar surface area (TPSA) is 41.5 Å². The van der Waals surface area contributed by atoms with Crippen molar-refractivity contribution in [3.8, 4) is 0 Å². The molecule has 1 aromatic rings. The lowest BCUT2D eigenvalue weighted by molar-refractivity contribution is 0.103. The lowest BCUT2D eigenvalue weighted by Gasteiger charge is -2.13. The zero-order chi connectivity index (χ0) is 13.2. The summed E-state index contributed by atoms with van der Waals surface area (Å²) in [5, 5.41) is 12.0. The van der Waals surface area contributed by atoms with Crippen molar-refractivity contribution >= 4 is 11.8 Å². The van der Waals surface area contributed by atoms with E-state index < -0.39 is 0 Å². The van der Waals surface area contributed by atoms with E-state index in [-0.39, 0.29) is 6.61 Å². The molecular formula is C14H23NO2S. The van der Waals surface area contributed by atoms with Crippen LogP contribution in [0.5, 0.6) is 0 Å². The Morgan fingerprint density at radius 2 is 2.00 bits per heavy atom. The van der Waals surface area contributed by atoms with Crippen LogP contribution in [0.3, 0.4) is 0 Å². The molecule has 0 saturated heterocycles. The lowest BCUT2D eigenvalue weighted by Crippen LogP contribution is -2.17. The highest BCUT2D eigenvalue weighted by molar-refractivity contribution is 7.99. The largest absolute Gasteiger partial charge is 0.394 e. The van der Waals surface area contributed by atoms with Gasteiger partial charge in [0.05, 0.1) is 19.8 Å². The van der Waals surface area contributed by atoms with Crippen LogP contribution in [-0.4, -0.2) is 37.2 Å². The van der Waals surface area contributed by atoms with E-state index in [1.54, 1.807) is 11.8 Å². The molecule has 0 fully saturated rings. The van der Waals surface area contributed by atoms with Gasteiger partial charge in [0, 0.05) is 16.7 Å². The summed E-state index contributed by atoms with van der Waals surface area (Å²) in [6, 6.07) is 9.05. The molecule has 0 amide bonds. The summed E-state index contributed by atoms with van der Waals surface area (Å²) in [6.45, 7) is 6.49. The molecule has 0 radical (unpaired) electrons. The first-order chi connectivity index (χ1) is 8.77. The molecule has 0 heterocycles. The minimum atomic E-state index is 0.0989. The van der Waals surface area contributed by atoms with Gasteiger partial charge < -0.3 is 15.2 Å². The van der Waals surface area contributed by atoms with E-state index >= 15 is 0 Å². The van der Waals surface area contributed by atoms with Gasteiger partial charge in [-0.1, -0.05) is 19.1 Å². The maximum absolute atomic E-state index is 8.57. The third-order valence-electron chi connectivity index (χ3n) is 2.62. The fourth-order valence-electron chi connectivity index (χ4n) is 1.66. The highest BCUT2D eigenvalue weighted by Crippen LogP contribution is 2.20. The van der Waals surface area contributed by atoms with Crippen molar-refractivity contribution in [1.29, 1.82) is 0 Å². The van der Waals surface area contributed by atoms with Crippen LogP contribution in [0.2, 0.25) is 0 Å². The molecule has 0 spiro atoms. The van der Waals surface area contributed by atoms with E-state index in [2.05, 4.69) is 43.4 Å². The van der Waals surface area contributed by atoms with Crippen LogP contribution in [0.25, 0.3) is 0 Å². The molecule has 0 aliphatic heterocycles. The molecule has 18 heavy (non-hydrogen) atoms. The van der Waals surface area contributed by atoms with Crippen LogP contribution >= 0.6 is 11.8 Å². The van der Waals surface area contributed by atoms with Gasteiger partial charge >= 0.3 is 0 Å². The summed E-state index contributed by atoms with van der Waals surface area (Å²) in [5.41, 5.74) is 1.32. The summed E-state index contributed by atoms with van der Waals surface area (Å²) in [7, 11) is 0. The van der Waals surface area contributed by atoms with E-state index in [0.717, 1.165) is 12.3 Å². The quantitative estimate of drug-likeness (QED) is 0.534. The minimum Gasteiger partial charge on any atom is -0.394 e. The zero-order valence-electron chi connectivity index (χ0n) is 11.2. The first kappa shape index (κ1) is 15.5. The van der Waals surface area contributed by atoms with Gasteiger partial charge in [0.1, 0.15) is 0 Å². The Labute approximate surface area is 114 Å². The third kappa shape index (κ3) is 5.87. The average molecular weight is 269 g/mol. The van der Waals surface area contributed by atoms with E-state index in [4.69, 9.17) is 9.84 Å². The fourth-order valence-corrected chi connectivity index (χ4v) is 2.43. The molecular weight excluding hydrogens is 246 g/mol. The minimum absolute atomic E-state index is 0.0989. The summed E-state index contributed by atoms with van der Waals surface area (Å²) >= 11 is 1.78. The van der Waals surface area contributed by atoms with Crippen molar-refractivity contribution < 1.29 is 9.84 Å². The second-order valence-electron chi connectivity index (χ2n) is 4.03. The maximum atomic E-state index is 8.57. The van der Waals surface area contributed by atoms with Gasteiger partial charge in [0.15, 0.2) is 0 Å². The van der Waals surface area contributed by atoms with E-state index in [0.29, 0.717) is 19.3 Å². The second kappa shape index (κ2) is 9.39. The van der Waals surface area contributed by atoms with Crippen LogP contribution < -0.4 is 5.32 Å². The lowest BCUT2D eigenvalue weighted by atomic mass is 10.1. The van der Waals surface area contributed by atoms with Crippen LogP contribution in [-0.2, 0) is 4.74 Å². The van der Waals surface area contributed by atoms with Gasteiger partial charge in [-0.3, -0.25) is 0 Å². The summed E-state index contributed by atoms with van der Waals surface area (Å²) < 4.78 is 5.22. The molecule has 0 aromatic heterocycles. The van der Waals surface area contributed by atoms with Gasteiger partial charge in [-0.25, -0.2) is 0 Å². The highest BCUT2D eigenvalue weighted by Gasteiger charge is 2.03. The van der Waals surface area contributed by atoms with E-state index in [1.807, 2.05) is 0 Å². The summed E-state index contributed by atoms with van der Waals surface area (Å²) in [4.78, 5) is 1.26. The molecule has 1 unspecified atom stereocenters. The monoisotopic (exact) mass is 269 g/mol. The van der Waals surface area contributed by atoms with E-state index in [9.17, 15) is 0 Å². The number of hydrogen-bond donors (Lipinski definition) is 2. The predicted molar refractivity (Wildman–Crippen MR) is 77.2 cm³/mol. The number of rotatable bonds is 9. The molecule has 0 bridgehead atoms. The van der Waals surface area contributed by atoms with Crippen molar-refractivity contribution in [2.24, 2.45) is 0 Å². The number of hydrogen-bond acceptors (Lipinski definition) is 4. The molecule has 0 saturated carbocycles. The normalized spacial score (nSPS) is 12.6. The Bertz CT molecular complexity index is 316. The Hall–Kier alpha value is -0.550. The predicted octanol–water partition coefficient (Wildman–Crippen LogP) is 2.46. The average Bonchev–Trinajstić information content (AvgIpc) is 2.39. The SMILES string of the molecule is CCNC(C)c1ccc(SCCOCCO)cc1. The maximum Gasteiger partial charge on any atom is 0.0698 e. The van der Waals surface area contributed by atoms with Crippen LogP contribution in [0.15, 0.2) is 29.2 Å². The van der Waals surface area contributed by atoms with Crippen molar-refractivity contribution in [3.05, 3.63) is 29.8 Å². The van der Waals surface area contributed by atoms with Crippen molar-refractivity contribution in [3.63, 3.8) is 0 Å². The van der Waals surface area contributed by atoms with Crippen molar-refractivity contribution in [2.75, 3.05) is 32.1 Å². The Morgan fingerprint density at radius 1 is 1.28 bits per heavy atom. The molecule has 3 nitrogen and oxygen atoms in total. The molecule has 1 rings (SSSR count). The first-order valence-corrected chi connectivity index (χ1v) is 7.41. The Morgan fingerprint density at radius 3 is 2.61 bits per heavy atom.